The number of benzene rings is 1. The maximum absolute atomic E-state index is 8.37. The molecule has 1 rings (SSSR count). The summed E-state index contributed by atoms with van der Waals surface area (Å²) in [5, 5.41) is 21.9. The lowest BCUT2D eigenvalue weighted by Crippen LogP contribution is -2.11. The molecule has 0 saturated heterocycles. The molecule has 0 saturated carbocycles. The average molecular weight is 186 g/mol. The topological polar surface area (TPSA) is 71.6 Å². The zero-order valence-electron chi connectivity index (χ0n) is 7.62. The number of nitriles is 2. The highest BCUT2D eigenvalue weighted by molar-refractivity contribution is 5.27. The van der Waals surface area contributed by atoms with Gasteiger partial charge in [-0.1, -0.05) is 24.3 Å². The SMILES string of the molecule is N#CNCc1ccccc1CNC#N. The Morgan fingerprint density at radius 2 is 1.36 bits per heavy atom. The Bertz CT molecular complexity index is 335. The molecule has 4 heteroatoms. The summed E-state index contributed by atoms with van der Waals surface area (Å²) in [4.78, 5) is 0. The van der Waals surface area contributed by atoms with Crippen molar-refractivity contribution in [2.24, 2.45) is 0 Å². The second-order valence-electron chi connectivity index (χ2n) is 2.70. The molecule has 0 unspecified atom stereocenters. The third-order valence-electron chi connectivity index (χ3n) is 1.83. The first kappa shape index (κ1) is 9.88. The Labute approximate surface area is 82.8 Å². The van der Waals surface area contributed by atoms with Gasteiger partial charge in [0.25, 0.3) is 0 Å². The molecular formula is C10H10N4. The van der Waals surface area contributed by atoms with Crippen molar-refractivity contribution in [3.63, 3.8) is 0 Å². The fraction of sp³-hybridized carbons (Fsp3) is 0.200. The maximum Gasteiger partial charge on any atom is 0.176 e. The molecule has 0 aliphatic carbocycles. The quantitative estimate of drug-likeness (QED) is 0.539. The summed E-state index contributed by atoms with van der Waals surface area (Å²) in [5.41, 5.74) is 2.05. The highest BCUT2D eigenvalue weighted by Crippen LogP contribution is 2.07. The minimum Gasteiger partial charge on any atom is -0.319 e. The summed E-state index contributed by atoms with van der Waals surface area (Å²) in [5.74, 6) is 0. The van der Waals surface area contributed by atoms with Crippen molar-refractivity contribution in [2.75, 3.05) is 0 Å². The van der Waals surface area contributed by atoms with Gasteiger partial charge in [0.15, 0.2) is 12.4 Å². The minimum atomic E-state index is 0.500. The number of hydrogen-bond donors (Lipinski definition) is 2. The van der Waals surface area contributed by atoms with Crippen LogP contribution in [-0.2, 0) is 13.1 Å². The molecule has 0 bridgehead atoms. The first-order valence-electron chi connectivity index (χ1n) is 4.19. The molecule has 0 fully saturated rings. The summed E-state index contributed by atoms with van der Waals surface area (Å²) < 4.78 is 0. The minimum absolute atomic E-state index is 0.500. The van der Waals surface area contributed by atoms with Crippen LogP contribution in [0.3, 0.4) is 0 Å². The lowest BCUT2D eigenvalue weighted by Gasteiger charge is -2.06. The van der Waals surface area contributed by atoms with E-state index in [4.69, 9.17) is 10.5 Å². The molecule has 0 radical (unpaired) electrons. The van der Waals surface area contributed by atoms with Gasteiger partial charge in [-0.25, -0.2) is 0 Å². The van der Waals surface area contributed by atoms with E-state index in [1.54, 1.807) is 0 Å². The van der Waals surface area contributed by atoms with E-state index in [0.29, 0.717) is 13.1 Å². The fourth-order valence-electron chi connectivity index (χ4n) is 1.17. The van der Waals surface area contributed by atoms with E-state index in [0.717, 1.165) is 11.1 Å². The van der Waals surface area contributed by atoms with Gasteiger partial charge in [0.05, 0.1) is 13.1 Å². The second kappa shape index (κ2) is 5.45. The molecule has 14 heavy (non-hydrogen) atoms. The number of nitrogens with one attached hydrogen (secondary N) is 2. The molecule has 70 valence electrons. The van der Waals surface area contributed by atoms with Crippen molar-refractivity contribution >= 4 is 0 Å². The van der Waals surface area contributed by atoms with Crippen LogP contribution in [0.1, 0.15) is 11.1 Å². The van der Waals surface area contributed by atoms with Crippen LogP contribution in [0.4, 0.5) is 0 Å². The summed E-state index contributed by atoms with van der Waals surface area (Å²) in [7, 11) is 0. The molecule has 0 atom stereocenters. The summed E-state index contributed by atoms with van der Waals surface area (Å²) >= 11 is 0. The van der Waals surface area contributed by atoms with E-state index in [9.17, 15) is 0 Å². The highest BCUT2D eigenvalue weighted by Gasteiger charge is 1.99. The van der Waals surface area contributed by atoms with Crippen molar-refractivity contribution in [3.8, 4) is 12.4 Å². The van der Waals surface area contributed by atoms with Gasteiger partial charge in [0, 0.05) is 0 Å². The standard InChI is InChI=1S/C10H10N4/c11-7-13-5-9-3-1-2-4-10(9)6-14-8-12/h1-4,13-14H,5-6H2. The Kier molecular flexibility index (Phi) is 3.85. The zero-order valence-corrected chi connectivity index (χ0v) is 7.62. The van der Waals surface area contributed by atoms with Gasteiger partial charge in [-0.2, -0.15) is 10.5 Å². The number of hydrogen-bond acceptors (Lipinski definition) is 4. The molecule has 2 N–H and O–H groups in total. The van der Waals surface area contributed by atoms with Crippen LogP contribution < -0.4 is 10.6 Å². The van der Waals surface area contributed by atoms with E-state index in [1.165, 1.54) is 0 Å². The van der Waals surface area contributed by atoms with Gasteiger partial charge in [-0.15, -0.1) is 0 Å². The number of nitrogens with zero attached hydrogens (tertiary/aromatic N) is 2. The maximum atomic E-state index is 8.37. The van der Waals surface area contributed by atoms with Crippen molar-refractivity contribution in [3.05, 3.63) is 35.4 Å². The predicted molar refractivity (Wildman–Crippen MR) is 51.3 cm³/mol. The monoisotopic (exact) mass is 186 g/mol. The lowest BCUT2D eigenvalue weighted by molar-refractivity contribution is 0.824. The van der Waals surface area contributed by atoms with Gasteiger partial charge >= 0.3 is 0 Å². The van der Waals surface area contributed by atoms with Crippen LogP contribution in [0.2, 0.25) is 0 Å². The average Bonchev–Trinajstić information content (AvgIpc) is 2.24. The number of rotatable bonds is 4. The van der Waals surface area contributed by atoms with Crippen molar-refractivity contribution in [1.29, 1.82) is 10.5 Å². The van der Waals surface area contributed by atoms with E-state index < -0.39 is 0 Å². The smallest absolute Gasteiger partial charge is 0.176 e. The van der Waals surface area contributed by atoms with E-state index in [2.05, 4.69) is 10.6 Å². The Balaban J connectivity index is 2.71. The van der Waals surface area contributed by atoms with Crippen molar-refractivity contribution < 1.29 is 0 Å². The molecule has 1 aromatic carbocycles. The molecule has 0 heterocycles. The second-order valence-corrected chi connectivity index (χ2v) is 2.70. The van der Waals surface area contributed by atoms with Gasteiger partial charge in [-0.05, 0) is 11.1 Å². The first-order chi connectivity index (χ1) is 6.88. The fourth-order valence-corrected chi connectivity index (χ4v) is 1.17. The molecule has 1 aromatic rings. The normalized spacial score (nSPS) is 8.43. The molecule has 0 spiro atoms. The largest absolute Gasteiger partial charge is 0.319 e. The Hall–Kier alpha value is -2.20. The van der Waals surface area contributed by atoms with E-state index in [1.807, 2.05) is 36.7 Å². The van der Waals surface area contributed by atoms with Crippen LogP contribution in [0.15, 0.2) is 24.3 Å². The summed E-state index contributed by atoms with van der Waals surface area (Å²) in [6, 6.07) is 7.67. The van der Waals surface area contributed by atoms with Crippen LogP contribution in [0, 0.1) is 22.9 Å². The molecule has 0 aromatic heterocycles. The zero-order chi connectivity index (χ0) is 10.2. The van der Waals surface area contributed by atoms with Crippen molar-refractivity contribution in [1.82, 2.24) is 10.6 Å². The Morgan fingerprint density at radius 3 is 1.71 bits per heavy atom. The van der Waals surface area contributed by atoms with Gasteiger partial charge in [-0.3, -0.25) is 0 Å². The molecule has 0 aliphatic rings. The molecular weight excluding hydrogens is 176 g/mol. The van der Waals surface area contributed by atoms with Gasteiger partial charge in [0.1, 0.15) is 0 Å². The molecule has 0 aliphatic heterocycles. The first-order valence-corrected chi connectivity index (χ1v) is 4.19. The third kappa shape index (κ3) is 2.69. The summed E-state index contributed by atoms with van der Waals surface area (Å²) in [6.45, 7) is 1.000. The van der Waals surface area contributed by atoms with Crippen LogP contribution in [0.25, 0.3) is 0 Å². The van der Waals surface area contributed by atoms with Crippen molar-refractivity contribution in [2.45, 2.75) is 13.1 Å². The third-order valence-corrected chi connectivity index (χ3v) is 1.83. The highest BCUT2D eigenvalue weighted by atomic mass is 14.9. The van der Waals surface area contributed by atoms with Crippen LogP contribution >= 0.6 is 0 Å². The van der Waals surface area contributed by atoms with Crippen LogP contribution in [-0.4, -0.2) is 0 Å². The van der Waals surface area contributed by atoms with Gasteiger partial charge in [0.2, 0.25) is 0 Å². The lowest BCUT2D eigenvalue weighted by atomic mass is 10.1. The predicted octanol–water partition coefficient (Wildman–Crippen LogP) is 0.828. The van der Waals surface area contributed by atoms with E-state index >= 15 is 0 Å². The van der Waals surface area contributed by atoms with Crippen LogP contribution in [0.5, 0.6) is 0 Å². The van der Waals surface area contributed by atoms with E-state index in [-0.39, 0.29) is 0 Å². The molecule has 4 nitrogen and oxygen atoms in total. The molecule has 0 amide bonds. The Morgan fingerprint density at radius 1 is 0.929 bits per heavy atom. The van der Waals surface area contributed by atoms with Gasteiger partial charge < -0.3 is 10.6 Å². The summed E-state index contributed by atoms with van der Waals surface area (Å²) in [6.07, 6.45) is 3.73.